The van der Waals surface area contributed by atoms with Crippen molar-refractivity contribution in [3.8, 4) is 0 Å². The molecule has 9 nitrogen and oxygen atoms in total. The summed E-state index contributed by atoms with van der Waals surface area (Å²) in [4.78, 5) is 36.6. The number of hydrogen-bond acceptors (Lipinski definition) is 6. The molecule has 192 valence electrons. The maximum atomic E-state index is 12.6. The van der Waals surface area contributed by atoms with Gasteiger partial charge in [0.05, 0.1) is 18.6 Å². The number of unbranched alkanes of at least 4 members (excludes halogenated alkanes) is 1. The molecule has 0 saturated carbocycles. The van der Waals surface area contributed by atoms with Gasteiger partial charge in [0.15, 0.2) is 0 Å². The van der Waals surface area contributed by atoms with E-state index in [0.29, 0.717) is 19.4 Å². The molecule has 0 radical (unpaired) electrons. The summed E-state index contributed by atoms with van der Waals surface area (Å²) in [6.45, 7) is 17.4. The van der Waals surface area contributed by atoms with E-state index >= 15 is 0 Å². The maximum Gasteiger partial charge on any atom is 0.422 e. The molecular formula is C24H45N3O6. The average molecular weight is 472 g/mol. The Morgan fingerprint density at radius 1 is 1.18 bits per heavy atom. The summed E-state index contributed by atoms with van der Waals surface area (Å²) in [5.74, 6) is -1.22. The van der Waals surface area contributed by atoms with E-state index in [9.17, 15) is 19.5 Å². The number of carbonyl (C=O) groups excluding carboxylic acids is 2. The number of rotatable bonds is 11. The highest BCUT2D eigenvalue weighted by molar-refractivity contribution is 5.78. The van der Waals surface area contributed by atoms with Crippen LogP contribution in [0, 0.1) is 11.3 Å². The van der Waals surface area contributed by atoms with Gasteiger partial charge in [-0.2, -0.15) is 5.01 Å². The monoisotopic (exact) mass is 471 g/mol. The zero-order valence-electron chi connectivity index (χ0n) is 21.9. The van der Waals surface area contributed by atoms with Crippen LogP contribution in [-0.4, -0.2) is 58.1 Å². The van der Waals surface area contributed by atoms with E-state index in [1.54, 1.807) is 25.8 Å². The molecule has 0 aromatic carbocycles. The molecule has 1 heterocycles. The molecule has 0 aromatic rings. The molecule has 9 heteroatoms. The summed E-state index contributed by atoms with van der Waals surface area (Å²) in [7, 11) is 0. The van der Waals surface area contributed by atoms with Crippen LogP contribution in [0.2, 0.25) is 0 Å². The van der Waals surface area contributed by atoms with Gasteiger partial charge in [-0.1, -0.05) is 34.1 Å². The van der Waals surface area contributed by atoms with E-state index < -0.39 is 28.8 Å². The van der Waals surface area contributed by atoms with Gasteiger partial charge in [-0.15, -0.1) is 0 Å². The van der Waals surface area contributed by atoms with Gasteiger partial charge in [-0.3, -0.25) is 15.0 Å². The average Bonchev–Trinajstić information content (AvgIpc) is 2.82. The number of hydrazine groups is 1. The van der Waals surface area contributed by atoms with E-state index in [0.717, 1.165) is 12.8 Å². The van der Waals surface area contributed by atoms with Crippen LogP contribution in [0.4, 0.5) is 4.79 Å². The lowest BCUT2D eigenvalue weighted by atomic mass is 9.80. The Hall–Kier alpha value is -1.87. The molecule has 0 aromatic heterocycles. The fraction of sp³-hybridized carbons (Fsp3) is 0.875. The number of carbonyl (C=O) groups is 3. The molecule has 1 saturated heterocycles. The molecule has 1 rings (SSSR count). The van der Waals surface area contributed by atoms with Crippen molar-refractivity contribution in [1.29, 1.82) is 0 Å². The number of nitrogens with one attached hydrogen (secondary N) is 2. The van der Waals surface area contributed by atoms with Crippen molar-refractivity contribution in [2.75, 3.05) is 6.54 Å². The van der Waals surface area contributed by atoms with Gasteiger partial charge in [-0.05, 0) is 59.3 Å². The molecule has 1 aliphatic rings. The van der Waals surface area contributed by atoms with E-state index in [-0.39, 0.29) is 30.4 Å². The lowest BCUT2D eigenvalue weighted by Gasteiger charge is -2.37. The highest BCUT2D eigenvalue weighted by Crippen LogP contribution is 2.40. The third-order valence-electron chi connectivity index (χ3n) is 5.65. The maximum absolute atomic E-state index is 12.6. The predicted octanol–water partition coefficient (Wildman–Crippen LogP) is 4.07. The van der Waals surface area contributed by atoms with Crippen molar-refractivity contribution in [2.45, 2.75) is 118 Å². The Bertz CT molecular complexity index is 686. The fourth-order valence-electron chi connectivity index (χ4n) is 4.18. The van der Waals surface area contributed by atoms with Crippen LogP contribution in [0.5, 0.6) is 0 Å². The summed E-state index contributed by atoms with van der Waals surface area (Å²) < 4.78 is 11.8. The second kappa shape index (κ2) is 11.5. The van der Waals surface area contributed by atoms with Gasteiger partial charge in [-0.25, -0.2) is 4.79 Å². The van der Waals surface area contributed by atoms with Gasteiger partial charge >= 0.3 is 12.1 Å². The number of ether oxygens (including phenoxy) is 2. The van der Waals surface area contributed by atoms with Crippen LogP contribution in [0.25, 0.3) is 0 Å². The summed E-state index contributed by atoms with van der Waals surface area (Å²) in [6.07, 6.45) is 1.81. The van der Waals surface area contributed by atoms with Gasteiger partial charge in [0.2, 0.25) is 5.91 Å². The quantitative estimate of drug-likeness (QED) is 0.389. The number of amides is 2. The minimum atomic E-state index is -0.884. The van der Waals surface area contributed by atoms with Crippen LogP contribution >= 0.6 is 0 Å². The minimum absolute atomic E-state index is 0.0238. The number of carboxylic acids is 1. The van der Waals surface area contributed by atoms with Crippen molar-refractivity contribution in [2.24, 2.45) is 11.3 Å². The van der Waals surface area contributed by atoms with Crippen LogP contribution < -0.4 is 10.7 Å². The molecule has 33 heavy (non-hydrogen) atoms. The summed E-state index contributed by atoms with van der Waals surface area (Å²) in [5, 5.41) is 14.0. The Balaban J connectivity index is 3.11. The van der Waals surface area contributed by atoms with Crippen molar-refractivity contribution >= 4 is 18.0 Å². The number of carboxylic acid groups (broad SMARTS) is 1. The third kappa shape index (κ3) is 9.88. The SMILES string of the molecule is CCCCNC(=O)[C@H](C)C[C@@H]1OC(C)(C)N(NC(=O)OC(C)(C)C)[C@H]1CC(C)(C)CC(=O)O. The Morgan fingerprint density at radius 3 is 2.30 bits per heavy atom. The molecular weight excluding hydrogens is 426 g/mol. The molecule has 1 aliphatic heterocycles. The lowest BCUT2D eigenvalue weighted by Crippen LogP contribution is -2.56. The topological polar surface area (TPSA) is 117 Å². The highest BCUT2D eigenvalue weighted by atomic mass is 16.6. The third-order valence-corrected chi connectivity index (χ3v) is 5.65. The molecule has 2 amide bonds. The van der Waals surface area contributed by atoms with E-state index in [4.69, 9.17) is 9.47 Å². The molecule has 3 atom stereocenters. The second-order valence-electron chi connectivity index (χ2n) is 11.4. The fourth-order valence-corrected chi connectivity index (χ4v) is 4.18. The zero-order chi connectivity index (χ0) is 25.6. The highest BCUT2D eigenvalue weighted by Gasteiger charge is 2.50. The minimum Gasteiger partial charge on any atom is -0.481 e. The summed E-state index contributed by atoms with van der Waals surface area (Å²) >= 11 is 0. The molecule has 1 fully saturated rings. The van der Waals surface area contributed by atoms with E-state index in [1.165, 1.54) is 0 Å². The van der Waals surface area contributed by atoms with Crippen molar-refractivity contribution in [1.82, 2.24) is 15.8 Å². The Kier molecular flexibility index (Phi) is 10.2. The Labute approximate surface area is 198 Å². The smallest absolute Gasteiger partial charge is 0.422 e. The predicted molar refractivity (Wildman–Crippen MR) is 126 cm³/mol. The lowest BCUT2D eigenvalue weighted by molar-refractivity contribution is -0.139. The molecule has 0 unspecified atom stereocenters. The zero-order valence-corrected chi connectivity index (χ0v) is 21.9. The first-order valence-electron chi connectivity index (χ1n) is 11.9. The summed E-state index contributed by atoms with van der Waals surface area (Å²) in [6, 6.07) is -0.340. The van der Waals surface area contributed by atoms with E-state index in [1.807, 2.05) is 34.6 Å². The van der Waals surface area contributed by atoms with Gasteiger partial charge < -0.3 is 19.9 Å². The Morgan fingerprint density at radius 2 is 1.79 bits per heavy atom. The first-order valence-corrected chi connectivity index (χ1v) is 11.9. The van der Waals surface area contributed by atoms with Gasteiger partial charge in [0.25, 0.3) is 0 Å². The van der Waals surface area contributed by atoms with E-state index in [2.05, 4.69) is 17.7 Å². The van der Waals surface area contributed by atoms with Crippen LogP contribution in [0.1, 0.15) is 94.4 Å². The normalized spacial score (nSPS) is 22.0. The van der Waals surface area contributed by atoms with Crippen molar-refractivity contribution < 1.29 is 29.0 Å². The van der Waals surface area contributed by atoms with Gasteiger partial charge in [0.1, 0.15) is 11.3 Å². The summed E-state index contributed by atoms with van der Waals surface area (Å²) in [5.41, 5.74) is 0.728. The number of nitrogens with zero attached hydrogens (tertiary/aromatic N) is 1. The van der Waals surface area contributed by atoms with Gasteiger partial charge in [0, 0.05) is 12.5 Å². The molecule has 3 N–H and O–H groups in total. The van der Waals surface area contributed by atoms with Crippen LogP contribution in [0.3, 0.4) is 0 Å². The molecule has 0 aliphatic carbocycles. The van der Waals surface area contributed by atoms with Crippen LogP contribution in [-0.2, 0) is 19.1 Å². The van der Waals surface area contributed by atoms with Crippen LogP contribution in [0.15, 0.2) is 0 Å². The number of hydrogen-bond donors (Lipinski definition) is 3. The van der Waals surface area contributed by atoms with Crippen molar-refractivity contribution in [3.63, 3.8) is 0 Å². The molecule has 0 spiro atoms. The first-order chi connectivity index (χ1) is 15.0. The first kappa shape index (κ1) is 29.2. The molecule has 0 bridgehead atoms. The van der Waals surface area contributed by atoms with Crippen molar-refractivity contribution in [3.05, 3.63) is 0 Å². The largest absolute Gasteiger partial charge is 0.481 e. The second-order valence-corrected chi connectivity index (χ2v) is 11.4. The standard InChI is InChI=1S/C24H45N3O6/c1-10-11-12-25-20(30)16(2)13-18-17(14-23(6,7)15-19(28)29)27(24(8,9)32-18)26-21(31)33-22(3,4)5/h16-18H,10-15H2,1-9H3,(H,25,30)(H,26,31)(H,28,29)/t16-,17+,18+/m1/s1. The number of aliphatic carboxylic acids is 1.